The fourth-order valence-corrected chi connectivity index (χ4v) is 4.81. The highest BCUT2D eigenvalue weighted by molar-refractivity contribution is 7.20. The minimum Gasteiger partial charge on any atom is -0.316 e. The van der Waals surface area contributed by atoms with Gasteiger partial charge in [-0.1, -0.05) is 36.5 Å². The molecule has 0 aliphatic heterocycles. The summed E-state index contributed by atoms with van der Waals surface area (Å²) >= 11 is 2.95. The maximum absolute atomic E-state index is 12.7. The van der Waals surface area contributed by atoms with Crippen molar-refractivity contribution in [3.63, 3.8) is 0 Å². The molecule has 0 saturated heterocycles. The molecule has 0 bridgehead atoms. The van der Waals surface area contributed by atoms with Crippen LogP contribution in [0.2, 0.25) is 0 Å². The lowest BCUT2D eigenvalue weighted by molar-refractivity contribution is 0.0997. The Morgan fingerprint density at radius 1 is 1.16 bits per heavy atom. The smallest absolute Gasteiger partial charge is 0.308 e. The average molecular weight is 367 g/mol. The fourth-order valence-electron chi connectivity index (χ4n) is 2.80. The Bertz CT molecular complexity index is 1120. The number of amides is 1. The van der Waals surface area contributed by atoms with Crippen LogP contribution in [-0.4, -0.2) is 15.5 Å². The van der Waals surface area contributed by atoms with Gasteiger partial charge in [0.15, 0.2) is 9.81 Å². The summed E-state index contributed by atoms with van der Waals surface area (Å²) in [7, 11) is 0. The van der Waals surface area contributed by atoms with Gasteiger partial charge in [0.1, 0.15) is 0 Å². The monoisotopic (exact) mass is 367 g/mol. The SMILES string of the molecule is CCCn1c(=NC(=O)c2nc3ccccc3s2)sc2cc(C)ccc21. The second kappa shape index (κ2) is 6.54. The van der Waals surface area contributed by atoms with Gasteiger partial charge in [0.25, 0.3) is 0 Å². The molecule has 126 valence electrons. The number of para-hydroxylation sites is 1. The molecule has 1 amide bonds. The van der Waals surface area contributed by atoms with Gasteiger partial charge in [0.2, 0.25) is 0 Å². The van der Waals surface area contributed by atoms with Gasteiger partial charge < -0.3 is 4.57 Å². The van der Waals surface area contributed by atoms with Crippen molar-refractivity contribution in [2.45, 2.75) is 26.8 Å². The van der Waals surface area contributed by atoms with Gasteiger partial charge >= 0.3 is 5.91 Å². The van der Waals surface area contributed by atoms with Crippen molar-refractivity contribution in [1.82, 2.24) is 9.55 Å². The summed E-state index contributed by atoms with van der Waals surface area (Å²) in [5.41, 5.74) is 3.19. The predicted molar refractivity (Wildman–Crippen MR) is 104 cm³/mol. The molecular weight excluding hydrogens is 350 g/mol. The lowest BCUT2D eigenvalue weighted by Gasteiger charge is -2.02. The first-order valence-electron chi connectivity index (χ1n) is 8.20. The van der Waals surface area contributed by atoms with Crippen LogP contribution in [0.5, 0.6) is 0 Å². The van der Waals surface area contributed by atoms with Gasteiger partial charge in [-0.25, -0.2) is 4.98 Å². The number of hydrogen-bond acceptors (Lipinski definition) is 4. The summed E-state index contributed by atoms with van der Waals surface area (Å²) in [4.78, 5) is 22.2. The van der Waals surface area contributed by atoms with Crippen LogP contribution in [0, 0.1) is 6.92 Å². The van der Waals surface area contributed by atoms with Crippen LogP contribution in [0.4, 0.5) is 0 Å². The Morgan fingerprint density at radius 2 is 2.00 bits per heavy atom. The molecule has 2 aromatic heterocycles. The number of aromatic nitrogens is 2. The maximum Gasteiger partial charge on any atom is 0.308 e. The Labute approximate surface area is 153 Å². The molecule has 0 atom stereocenters. The Balaban J connectivity index is 1.84. The van der Waals surface area contributed by atoms with E-state index >= 15 is 0 Å². The number of rotatable bonds is 3. The number of thiazole rings is 2. The van der Waals surface area contributed by atoms with E-state index in [-0.39, 0.29) is 5.91 Å². The van der Waals surface area contributed by atoms with Crippen LogP contribution in [-0.2, 0) is 6.54 Å². The highest BCUT2D eigenvalue weighted by Gasteiger charge is 2.13. The molecule has 0 fully saturated rings. The van der Waals surface area contributed by atoms with Crippen molar-refractivity contribution in [2.24, 2.45) is 4.99 Å². The second-order valence-corrected chi connectivity index (χ2v) is 7.95. The zero-order valence-corrected chi connectivity index (χ0v) is 15.7. The molecule has 0 radical (unpaired) electrons. The molecule has 0 aliphatic rings. The number of nitrogens with zero attached hydrogens (tertiary/aromatic N) is 3. The van der Waals surface area contributed by atoms with Crippen molar-refractivity contribution in [1.29, 1.82) is 0 Å². The van der Waals surface area contributed by atoms with Crippen LogP contribution in [0.15, 0.2) is 47.5 Å². The molecule has 0 spiro atoms. The number of benzene rings is 2. The number of hydrogen-bond donors (Lipinski definition) is 0. The molecule has 6 heteroatoms. The molecule has 2 aromatic carbocycles. The van der Waals surface area contributed by atoms with Crippen molar-refractivity contribution in [3.05, 3.63) is 57.8 Å². The van der Waals surface area contributed by atoms with E-state index in [0.29, 0.717) is 5.01 Å². The first kappa shape index (κ1) is 16.2. The molecule has 4 rings (SSSR count). The third-order valence-electron chi connectivity index (χ3n) is 3.96. The summed E-state index contributed by atoms with van der Waals surface area (Å²) in [6, 6.07) is 14.1. The lowest BCUT2D eigenvalue weighted by Crippen LogP contribution is -2.16. The number of fused-ring (bicyclic) bond motifs is 2. The van der Waals surface area contributed by atoms with E-state index < -0.39 is 0 Å². The fraction of sp³-hybridized carbons (Fsp3) is 0.211. The summed E-state index contributed by atoms with van der Waals surface area (Å²) < 4.78 is 4.30. The minimum absolute atomic E-state index is 0.269. The molecule has 25 heavy (non-hydrogen) atoms. The van der Waals surface area contributed by atoms with Gasteiger partial charge in [-0.15, -0.1) is 11.3 Å². The third-order valence-corrected chi connectivity index (χ3v) is 6.03. The van der Waals surface area contributed by atoms with Gasteiger partial charge in [0, 0.05) is 6.54 Å². The number of carbonyl (C=O) groups is 1. The van der Waals surface area contributed by atoms with Gasteiger partial charge in [0.05, 0.1) is 20.4 Å². The zero-order chi connectivity index (χ0) is 17.4. The quantitative estimate of drug-likeness (QED) is 0.523. The zero-order valence-electron chi connectivity index (χ0n) is 14.0. The van der Waals surface area contributed by atoms with Gasteiger partial charge in [-0.2, -0.15) is 4.99 Å². The van der Waals surface area contributed by atoms with Gasteiger partial charge in [-0.3, -0.25) is 4.79 Å². The molecule has 0 aliphatic carbocycles. The van der Waals surface area contributed by atoms with E-state index in [4.69, 9.17) is 0 Å². The number of aryl methyl sites for hydroxylation is 2. The van der Waals surface area contributed by atoms with E-state index in [1.54, 1.807) is 11.3 Å². The molecule has 4 nitrogen and oxygen atoms in total. The van der Waals surface area contributed by atoms with Crippen LogP contribution >= 0.6 is 22.7 Å². The van der Waals surface area contributed by atoms with E-state index in [2.05, 4.69) is 46.6 Å². The third kappa shape index (κ3) is 3.03. The van der Waals surface area contributed by atoms with Crippen molar-refractivity contribution in [2.75, 3.05) is 0 Å². The van der Waals surface area contributed by atoms with E-state index in [0.717, 1.165) is 38.2 Å². The van der Waals surface area contributed by atoms with Crippen LogP contribution in [0.25, 0.3) is 20.4 Å². The second-order valence-electron chi connectivity index (χ2n) is 5.91. The van der Waals surface area contributed by atoms with E-state index in [1.165, 1.54) is 16.9 Å². The maximum atomic E-state index is 12.7. The standard InChI is InChI=1S/C19H17N3OS2/c1-3-10-22-14-9-8-12(2)11-16(14)25-19(22)21-17(23)18-20-13-6-4-5-7-15(13)24-18/h4-9,11H,3,10H2,1-2H3. The normalized spacial score (nSPS) is 12.3. The van der Waals surface area contributed by atoms with Gasteiger partial charge in [-0.05, 0) is 43.2 Å². The van der Waals surface area contributed by atoms with Crippen LogP contribution in [0.3, 0.4) is 0 Å². The van der Waals surface area contributed by atoms with Crippen LogP contribution in [0.1, 0.15) is 28.7 Å². The Kier molecular flexibility index (Phi) is 4.23. The first-order valence-corrected chi connectivity index (χ1v) is 9.83. The molecular formula is C19H17N3OS2. The van der Waals surface area contributed by atoms with E-state index in [1.807, 2.05) is 24.3 Å². The minimum atomic E-state index is -0.269. The van der Waals surface area contributed by atoms with E-state index in [9.17, 15) is 4.79 Å². The summed E-state index contributed by atoms with van der Waals surface area (Å²) in [5.74, 6) is -0.269. The van der Waals surface area contributed by atoms with Crippen molar-refractivity contribution in [3.8, 4) is 0 Å². The average Bonchev–Trinajstić information content (AvgIpc) is 3.17. The summed E-state index contributed by atoms with van der Waals surface area (Å²) in [6.45, 7) is 5.05. The van der Waals surface area contributed by atoms with Crippen molar-refractivity contribution < 1.29 is 4.79 Å². The summed E-state index contributed by atoms with van der Waals surface area (Å²) in [6.07, 6.45) is 0.988. The largest absolute Gasteiger partial charge is 0.316 e. The summed E-state index contributed by atoms with van der Waals surface area (Å²) in [5, 5.41) is 0.442. The lowest BCUT2D eigenvalue weighted by atomic mass is 10.2. The molecule has 0 saturated carbocycles. The molecule has 0 unspecified atom stereocenters. The predicted octanol–water partition coefficient (Wildman–Crippen LogP) is 4.77. The van der Waals surface area contributed by atoms with Crippen molar-refractivity contribution >= 4 is 49.0 Å². The Morgan fingerprint density at radius 3 is 2.80 bits per heavy atom. The van der Waals surface area contributed by atoms with Crippen LogP contribution < -0.4 is 4.80 Å². The first-order chi connectivity index (χ1) is 12.2. The molecule has 2 heterocycles. The highest BCUT2D eigenvalue weighted by atomic mass is 32.1. The number of carbonyl (C=O) groups excluding carboxylic acids is 1. The Hall–Kier alpha value is -2.31. The highest BCUT2D eigenvalue weighted by Crippen LogP contribution is 2.23. The molecule has 0 N–H and O–H groups in total. The molecule has 4 aromatic rings. The topological polar surface area (TPSA) is 47.2 Å².